The first kappa shape index (κ1) is 16.6. The largest absolute Gasteiger partial charge is 0.350 e. The first-order valence-corrected chi connectivity index (χ1v) is 8.16. The standard InChI is InChI=1S/C15H14BrFN2O2S/c1-9-2-3-10(8-11(9)17)14(20)18-6-7-19-15(21)12-4-5-13(16)22-12/h2-5,8H,6-7H2,1H3,(H,18,20)(H,19,21). The Morgan fingerprint density at radius 2 is 1.82 bits per heavy atom. The molecule has 0 aliphatic heterocycles. The summed E-state index contributed by atoms with van der Waals surface area (Å²) in [6.07, 6.45) is 0. The molecule has 0 fully saturated rings. The van der Waals surface area contributed by atoms with Gasteiger partial charge in [-0.05, 0) is 52.7 Å². The van der Waals surface area contributed by atoms with Crippen molar-refractivity contribution in [2.75, 3.05) is 13.1 Å². The highest BCUT2D eigenvalue weighted by Crippen LogP contribution is 2.21. The van der Waals surface area contributed by atoms with Crippen molar-refractivity contribution in [3.05, 3.63) is 55.9 Å². The van der Waals surface area contributed by atoms with Crippen molar-refractivity contribution in [2.24, 2.45) is 0 Å². The molecule has 0 unspecified atom stereocenters. The topological polar surface area (TPSA) is 58.2 Å². The molecule has 0 atom stereocenters. The van der Waals surface area contributed by atoms with Gasteiger partial charge in [0.25, 0.3) is 11.8 Å². The summed E-state index contributed by atoms with van der Waals surface area (Å²) in [5.74, 6) is -0.970. The number of hydrogen-bond donors (Lipinski definition) is 2. The number of thiophene rings is 1. The SMILES string of the molecule is Cc1ccc(C(=O)NCCNC(=O)c2ccc(Br)s2)cc1F. The first-order chi connectivity index (χ1) is 10.5. The summed E-state index contributed by atoms with van der Waals surface area (Å²) in [4.78, 5) is 24.2. The van der Waals surface area contributed by atoms with Gasteiger partial charge in [0.1, 0.15) is 5.82 Å². The molecule has 0 saturated carbocycles. The molecule has 116 valence electrons. The van der Waals surface area contributed by atoms with Gasteiger partial charge in [-0.15, -0.1) is 11.3 Å². The Bertz CT molecular complexity index is 703. The fraction of sp³-hybridized carbons (Fsp3) is 0.200. The average Bonchev–Trinajstić information content (AvgIpc) is 2.92. The summed E-state index contributed by atoms with van der Waals surface area (Å²) in [7, 11) is 0. The molecule has 4 nitrogen and oxygen atoms in total. The molecule has 0 aliphatic carbocycles. The molecule has 1 heterocycles. The lowest BCUT2D eigenvalue weighted by molar-refractivity contribution is 0.0929. The lowest BCUT2D eigenvalue weighted by Crippen LogP contribution is -2.34. The third kappa shape index (κ3) is 4.38. The van der Waals surface area contributed by atoms with Gasteiger partial charge in [0.2, 0.25) is 0 Å². The van der Waals surface area contributed by atoms with Crippen LogP contribution in [-0.4, -0.2) is 24.9 Å². The molecule has 1 aromatic heterocycles. The van der Waals surface area contributed by atoms with Crippen molar-refractivity contribution in [1.29, 1.82) is 0 Å². The number of carbonyl (C=O) groups is 2. The molecule has 2 amide bonds. The van der Waals surface area contributed by atoms with E-state index in [1.165, 1.54) is 17.4 Å². The van der Waals surface area contributed by atoms with E-state index in [1.807, 2.05) is 0 Å². The minimum atomic E-state index is -0.413. The van der Waals surface area contributed by atoms with Gasteiger partial charge in [0.15, 0.2) is 0 Å². The van der Waals surface area contributed by atoms with Crippen molar-refractivity contribution in [2.45, 2.75) is 6.92 Å². The second kappa shape index (κ2) is 7.51. The molecule has 0 radical (unpaired) electrons. The van der Waals surface area contributed by atoms with Gasteiger partial charge < -0.3 is 10.6 Å². The maximum Gasteiger partial charge on any atom is 0.261 e. The molecule has 2 rings (SSSR count). The van der Waals surface area contributed by atoms with Gasteiger partial charge in [0, 0.05) is 18.7 Å². The zero-order valence-corrected chi connectivity index (χ0v) is 14.2. The summed E-state index contributed by atoms with van der Waals surface area (Å²) in [5, 5.41) is 5.33. The fourth-order valence-electron chi connectivity index (χ4n) is 1.71. The van der Waals surface area contributed by atoms with Crippen molar-refractivity contribution < 1.29 is 14.0 Å². The monoisotopic (exact) mass is 384 g/mol. The average molecular weight is 385 g/mol. The Hall–Kier alpha value is -1.73. The Morgan fingerprint density at radius 3 is 2.41 bits per heavy atom. The number of amides is 2. The van der Waals surface area contributed by atoms with Crippen molar-refractivity contribution in [3.8, 4) is 0 Å². The number of aryl methyl sites for hydroxylation is 1. The van der Waals surface area contributed by atoms with Crippen LogP contribution in [0, 0.1) is 12.7 Å². The van der Waals surface area contributed by atoms with Gasteiger partial charge >= 0.3 is 0 Å². The fourth-order valence-corrected chi connectivity index (χ4v) is 3.01. The van der Waals surface area contributed by atoms with Crippen LogP contribution in [0.25, 0.3) is 0 Å². The van der Waals surface area contributed by atoms with E-state index in [2.05, 4.69) is 26.6 Å². The zero-order chi connectivity index (χ0) is 16.1. The molecule has 7 heteroatoms. The molecule has 2 aromatic rings. The van der Waals surface area contributed by atoms with Crippen molar-refractivity contribution in [1.82, 2.24) is 10.6 Å². The molecule has 0 bridgehead atoms. The van der Waals surface area contributed by atoms with E-state index in [0.717, 1.165) is 3.79 Å². The lowest BCUT2D eigenvalue weighted by atomic mass is 10.1. The van der Waals surface area contributed by atoms with E-state index in [1.54, 1.807) is 31.2 Å². The van der Waals surface area contributed by atoms with E-state index >= 15 is 0 Å². The number of carbonyl (C=O) groups excluding carboxylic acids is 2. The van der Waals surface area contributed by atoms with Gasteiger partial charge in [-0.3, -0.25) is 9.59 Å². The maximum absolute atomic E-state index is 13.4. The maximum atomic E-state index is 13.4. The highest BCUT2D eigenvalue weighted by Gasteiger charge is 2.09. The lowest BCUT2D eigenvalue weighted by Gasteiger charge is -2.07. The number of rotatable bonds is 5. The Balaban J connectivity index is 1.77. The van der Waals surface area contributed by atoms with Crippen LogP contribution in [0.15, 0.2) is 34.1 Å². The zero-order valence-electron chi connectivity index (χ0n) is 11.8. The highest BCUT2D eigenvalue weighted by molar-refractivity contribution is 9.11. The van der Waals surface area contributed by atoms with Gasteiger partial charge in [-0.25, -0.2) is 4.39 Å². The van der Waals surface area contributed by atoms with Crippen LogP contribution in [0.1, 0.15) is 25.6 Å². The van der Waals surface area contributed by atoms with Crippen LogP contribution >= 0.6 is 27.3 Å². The van der Waals surface area contributed by atoms with Crippen molar-refractivity contribution in [3.63, 3.8) is 0 Å². The van der Waals surface area contributed by atoms with Crippen molar-refractivity contribution >= 4 is 39.1 Å². The van der Waals surface area contributed by atoms with Gasteiger partial charge in [0.05, 0.1) is 8.66 Å². The first-order valence-electron chi connectivity index (χ1n) is 6.55. The summed E-state index contributed by atoms with van der Waals surface area (Å²) < 4.78 is 14.3. The van der Waals surface area contributed by atoms with Crippen LogP contribution in [0.4, 0.5) is 4.39 Å². The quantitative estimate of drug-likeness (QED) is 0.778. The van der Waals surface area contributed by atoms with E-state index in [-0.39, 0.29) is 23.9 Å². The van der Waals surface area contributed by atoms with E-state index < -0.39 is 5.82 Å². The molecule has 0 spiro atoms. The third-order valence-corrected chi connectivity index (χ3v) is 4.55. The Labute approximate surface area is 139 Å². The highest BCUT2D eigenvalue weighted by atomic mass is 79.9. The smallest absolute Gasteiger partial charge is 0.261 e. The van der Waals surface area contributed by atoms with E-state index in [4.69, 9.17) is 0 Å². The summed E-state index contributed by atoms with van der Waals surface area (Å²) in [6.45, 7) is 2.20. The summed E-state index contributed by atoms with van der Waals surface area (Å²) in [5.41, 5.74) is 0.752. The van der Waals surface area contributed by atoms with Gasteiger partial charge in [-0.1, -0.05) is 6.07 Å². The molecule has 0 saturated heterocycles. The van der Waals surface area contributed by atoms with Crippen LogP contribution in [-0.2, 0) is 0 Å². The minimum Gasteiger partial charge on any atom is -0.350 e. The van der Waals surface area contributed by atoms with Crippen LogP contribution in [0.3, 0.4) is 0 Å². The second-order valence-electron chi connectivity index (χ2n) is 4.58. The molecular formula is C15H14BrFN2O2S. The third-order valence-electron chi connectivity index (χ3n) is 2.93. The van der Waals surface area contributed by atoms with Crippen LogP contribution in [0.2, 0.25) is 0 Å². The van der Waals surface area contributed by atoms with Crippen LogP contribution in [0.5, 0.6) is 0 Å². The minimum absolute atomic E-state index is 0.189. The summed E-state index contributed by atoms with van der Waals surface area (Å²) >= 11 is 4.62. The molecular weight excluding hydrogens is 371 g/mol. The normalized spacial score (nSPS) is 10.3. The molecule has 1 aromatic carbocycles. The Kier molecular flexibility index (Phi) is 5.68. The summed E-state index contributed by atoms with van der Waals surface area (Å²) in [6, 6.07) is 7.84. The van der Waals surface area contributed by atoms with E-state index in [0.29, 0.717) is 17.0 Å². The predicted molar refractivity (Wildman–Crippen MR) is 87.8 cm³/mol. The van der Waals surface area contributed by atoms with Crippen LogP contribution < -0.4 is 10.6 Å². The Morgan fingerprint density at radius 1 is 1.14 bits per heavy atom. The predicted octanol–water partition coefficient (Wildman–Crippen LogP) is 3.12. The van der Waals surface area contributed by atoms with Gasteiger partial charge in [-0.2, -0.15) is 0 Å². The number of benzene rings is 1. The number of hydrogen-bond acceptors (Lipinski definition) is 3. The number of halogens is 2. The molecule has 0 aliphatic rings. The molecule has 2 N–H and O–H groups in total. The molecule has 22 heavy (non-hydrogen) atoms. The second-order valence-corrected chi connectivity index (χ2v) is 7.04. The van der Waals surface area contributed by atoms with E-state index in [9.17, 15) is 14.0 Å². The number of nitrogens with one attached hydrogen (secondary N) is 2.